The van der Waals surface area contributed by atoms with Crippen molar-refractivity contribution in [2.45, 2.75) is 19.8 Å². The molecule has 0 atom stereocenters. The van der Waals surface area contributed by atoms with E-state index in [0.29, 0.717) is 13.0 Å². The van der Waals surface area contributed by atoms with Crippen LogP contribution in [0.1, 0.15) is 19.8 Å². The molecule has 0 bridgehead atoms. The van der Waals surface area contributed by atoms with E-state index in [9.17, 15) is 4.79 Å². The highest BCUT2D eigenvalue weighted by atomic mass is 16.3. The molecule has 1 fully saturated rings. The van der Waals surface area contributed by atoms with E-state index >= 15 is 0 Å². The summed E-state index contributed by atoms with van der Waals surface area (Å²) in [6.07, 6.45) is 1.51. The molecule has 1 amide bonds. The Kier molecular flexibility index (Phi) is 7.16. The molecular formula is C12H25N3O2. The number of likely N-dealkylation sites (N-methyl/N-ethyl adjacent to an activating group) is 1. The second-order valence-electron chi connectivity index (χ2n) is 4.39. The van der Waals surface area contributed by atoms with Crippen molar-refractivity contribution >= 4 is 5.91 Å². The van der Waals surface area contributed by atoms with Gasteiger partial charge in [0.2, 0.25) is 5.91 Å². The Morgan fingerprint density at radius 3 is 2.65 bits per heavy atom. The van der Waals surface area contributed by atoms with Gasteiger partial charge < -0.3 is 20.2 Å². The summed E-state index contributed by atoms with van der Waals surface area (Å²) >= 11 is 0. The third-order valence-electron chi connectivity index (χ3n) is 3.20. The van der Waals surface area contributed by atoms with Crippen LogP contribution in [0.4, 0.5) is 0 Å². The molecule has 0 aliphatic carbocycles. The lowest BCUT2D eigenvalue weighted by Crippen LogP contribution is -2.46. The summed E-state index contributed by atoms with van der Waals surface area (Å²) in [5, 5.41) is 12.1. The molecule has 5 heteroatoms. The number of aliphatic hydroxyl groups excluding tert-OH is 1. The molecule has 1 rings (SSSR count). The zero-order chi connectivity index (χ0) is 12.5. The number of amides is 1. The summed E-state index contributed by atoms with van der Waals surface area (Å²) in [6.45, 7) is 8.32. The first-order chi connectivity index (χ1) is 8.27. The molecule has 17 heavy (non-hydrogen) atoms. The minimum atomic E-state index is 0.194. The van der Waals surface area contributed by atoms with Crippen molar-refractivity contribution < 1.29 is 9.90 Å². The fourth-order valence-electron chi connectivity index (χ4n) is 2.10. The molecule has 0 aromatic rings. The minimum Gasteiger partial charge on any atom is -0.395 e. The molecule has 100 valence electrons. The molecule has 0 unspecified atom stereocenters. The molecule has 0 saturated carbocycles. The summed E-state index contributed by atoms with van der Waals surface area (Å²) in [5.74, 6) is 0.270. The topological polar surface area (TPSA) is 55.8 Å². The van der Waals surface area contributed by atoms with E-state index in [4.69, 9.17) is 5.11 Å². The molecule has 0 aromatic carbocycles. The van der Waals surface area contributed by atoms with Crippen molar-refractivity contribution in [2.24, 2.45) is 0 Å². The second-order valence-corrected chi connectivity index (χ2v) is 4.39. The van der Waals surface area contributed by atoms with Gasteiger partial charge in [0.15, 0.2) is 0 Å². The Hall–Kier alpha value is -0.650. The highest BCUT2D eigenvalue weighted by molar-refractivity contribution is 5.76. The van der Waals surface area contributed by atoms with Crippen LogP contribution in [0.15, 0.2) is 0 Å². The van der Waals surface area contributed by atoms with E-state index in [1.807, 2.05) is 4.90 Å². The molecule has 2 N–H and O–H groups in total. The van der Waals surface area contributed by atoms with Crippen molar-refractivity contribution in [2.75, 3.05) is 52.4 Å². The van der Waals surface area contributed by atoms with Gasteiger partial charge in [0.1, 0.15) is 0 Å². The maximum atomic E-state index is 11.9. The maximum Gasteiger partial charge on any atom is 0.222 e. The SMILES string of the molecule is CCN(CCO)CCCC(=O)N1CCNCC1. The average Bonchev–Trinajstić information content (AvgIpc) is 2.38. The van der Waals surface area contributed by atoms with Crippen LogP contribution in [-0.4, -0.2) is 73.2 Å². The molecule has 1 aliphatic rings. The Morgan fingerprint density at radius 1 is 1.35 bits per heavy atom. The van der Waals surface area contributed by atoms with Gasteiger partial charge in [-0.1, -0.05) is 6.92 Å². The van der Waals surface area contributed by atoms with Crippen molar-refractivity contribution in [3.05, 3.63) is 0 Å². The number of aliphatic hydroxyl groups is 1. The van der Waals surface area contributed by atoms with E-state index in [0.717, 1.165) is 45.7 Å². The summed E-state index contributed by atoms with van der Waals surface area (Å²) in [6, 6.07) is 0. The number of carbonyl (C=O) groups is 1. The van der Waals surface area contributed by atoms with Crippen LogP contribution in [0, 0.1) is 0 Å². The summed E-state index contributed by atoms with van der Waals surface area (Å²) in [5.41, 5.74) is 0. The van der Waals surface area contributed by atoms with Crippen LogP contribution in [0.3, 0.4) is 0 Å². The molecule has 0 radical (unpaired) electrons. The average molecular weight is 243 g/mol. The lowest BCUT2D eigenvalue weighted by molar-refractivity contribution is -0.131. The Morgan fingerprint density at radius 2 is 2.06 bits per heavy atom. The monoisotopic (exact) mass is 243 g/mol. The van der Waals surface area contributed by atoms with Crippen LogP contribution in [-0.2, 0) is 4.79 Å². The first-order valence-corrected chi connectivity index (χ1v) is 6.59. The summed E-state index contributed by atoms with van der Waals surface area (Å²) in [7, 11) is 0. The predicted octanol–water partition coefficient (Wildman–Crippen LogP) is -0.487. The van der Waals surface area contributed by atoms with Crippen LogP contribution >= 0.6 is 0 Å². The van der Waals surface area contributed by atoms with Crippen molar-refractivity contribution in [1.29, 1.82) is 0 Å². The highest BCUT2D eigenvalue weighted by Gasteiger charge is 2.15. The van der Waals surface area contributed by atoms with E-state index < -0.39 is 0 Å². The van der Waals surface area contributed by atoms with E-state index in [1.165, 1.54) is 0 Å². The number of carbonyl (C=O) groups excluding carboxylic acids is 1. The third kappa shape index (κ3) is 5.48. The molecule has 1 saturated heterocycles. The first-order valence-electron chi connectivity index (χ1n) is 6.59. The van der Waals surface area contributed by atoms with Gasteiger partial charge in [0.05, 0.1) is 6.61 Å². The zero-order valence-corrected chi connectivity index (χ0v) is 10.8. The predicted molar refractivity (Wildman–Crippen MR) is 67.9 cm³/mol. The lowest BCUT2D eigenvalue weighted by atomic mass is 10.2. The number of nitrogens with one attached hydrogen (secondary N) is 1. The lowest BCUT2D eigenvalue weighted by Gasteiger charge is -2.28. The number of piperazine rings is 1. The molecular weight excluding hydrogens is 218 g/mol. The number of hydrogen-bond acceptors (Lipinski definition) is 4. The Labute approximate surface area is 104 Å². The quantitative estimate of drug-likeness (QED) is 0.634. The normalized spacial score (nSPS) is 16.5. The second kappa shape index (κ2) is 8.44. The molecule has 1 aliphatic heterocycles. The van der Waals surface area contributed by atoms with Crippen molar-refractivity contribution in [1.82, 2.24) is 15.1 Å². The van der Waals surface area contributed by atoms with Gasteiger partial charge in [-0.15, -0.1) is 0 Å². The van der Waals surface area contributed by atoms with Crippen LogP contribution < -0.4 is 5.32 Å². The Bertz CT molecular complexity index is 218. The van der Waals surface area contributed by atoms with Gasteiger partial charge in [-0.3, -0.25) is 4.79 Å². The van der Waals surface area contributed by atoms with E-state index in [1.54, 1.807) is 0 Å². The van der Waals surface area contributed by atoms with Gasteiger partial charge in [-0.2, -0.15) is 0 Å². The highest BCUT2D eigenvalue weighted by Crippen LogP contribution is 2.01. The van der Waals surface area contributed by atoms with Crippen molar-refractivity contribution in [3.63, 3.8) is 0 Å². The fourth-order valence-corrected chi connectivity index (χ4v) is 2.10. The largest absolute Gasteiger partial charge is 0.395 e. The number of nitrogens with zero attached hydrogens (tertiary/aromatic N) is 2. The number of hydrogen-bond donors (Lipinski definition) is 2. The van der Waals surface area contributed by atoms with Crippen LogP contribution in [0.2, 0.25) is 0 Å². The summed E-state index contributed by atoms with van der Waals surface area (Å²) in [4.78, 5) is 16.0. The Balaban J connectivity index is 2.14. The molecule has 1 heterocycles. The smallest absolute Gasteiger partial charge is 0.222 e. The van der Waals surface area contributed by atoms with Crippen LogP contribution in [0.5, 0.6) is 0 Å². The molecule has 5 nitrogen and oxygen atoms in total. The van der Waals surface area contributed by atoms with E-state index in [2.05, 4.69) is 17.1 Å². The first kappa shape index (κ1) is 14.4. The number of rotatable bonds is 7. The van der Waals surface area contributed by atoms with Gasteiger partial charge in [-0.25, -0.2) is 0 Å². The van der Waals surface area contributed by atoms with Crippen molar-refractivity contribution in [3.8, 4) is 0 Å². The molecule has 0 aromatic heterocycles. The van der Waals surface area contributed by atoms with Crippen LogP contribution in [0.25, 0.3) is 0 Å². The fraction of sp³-hybridized carbons (Fsp3) is 0.917. The maximum absolute atomic E-state index is 11.9. The minimum absolute atomic E-state index is 0.194. The van der Waals surface area contributed by atoms with E-state index in [-0.39, 0.29) is 12.5 Å². The van der Waals surface area contributed by atoms with Gasteiger partial charge >= 0.3 is 0 Å². The van der Waals surface area contributed by atoms with Gasteiger partial charge in [0, 0.05) is 39.1 Å². The standard InChI is InChI=1S/C12H25N3O2/c1-2-14(10-11-16)7-3-4-12(17)15-8-5-13-6-9-15/h13,16H,2-11H2,1H3. The summed E-state index contributed by atoms with van der Waals surface area (Å²) < 4.78 is 0. The van der Waals surface area contributed by atoms with Gasteiger partial charge in [-0.05, 0) is 19.5 Å². The third-order valence-corrected chi connectivity index (χ3v) is 3.20. The van der Waals surface area contributed by atoms with Gasteiger partial charge in [0.25, 0.3) is 0 Å². The zero-order valence-electron chi connectivity index (χ0n) is 10.8. The molecule has 0 spiro atoms.